The molecule has 2 unspecified atom stereocenters. The monoisotopic (exact) mass is 293 g/mol. The Labute approximate surface area is 125 Å². The van der Waals surface area contributed by atoms with Crippen LogP contribution in [-0.2, 0) is 4.79 Å². The zero-order chi connectivity index (χ0) is 15.0. The van der Waals surface area contributed by atoms with Gasteiger partial charge in [-0.25, -0.2) is 0 Å². The summed E-state index contributed by atoms with van der Waals surface area (Å²) < 4.78 is 0. The van der Waals surface area contributed by atoms with Crippen LogP contribution in [0.5, 0.6) is 0 Å². The average molecular weight is 293 g/mol. The summed E-state index contributed by atoms with van der Waals surface area (Å²) in [4.78, 5) is 12.0. The zero-order valence-electron chi connectivity index (χ0n) is 12.1. The van der Waals surface area contributed by atoms with E-state index in [0.29, 0.717) is 12.2 Å². The van der Waals surface area contributed by atoms with Gasteiger partial charge in [0, 0.05) is 24.6 Å². The van der Waals surface area contributed by atoms with Gasteiger partial charge in [-0.1, -0.05) is 36.4 Å². The normalized spacial score (nSPS) is 15.2. The average Bonchev–Trinajstić information content (AvgIpc) is 2.43. The summed E-state index contributed by atoms with van der Waals surface area (Å²) in [5, 5.41) is 12.8. The fourth-order valence-electron chi connectivity index (χ4n) is 1.96. The number of amides is 1. The van der Waals surface area contributed by atoms with Crippen molar-refractivity contribution < 1.29 is 9.90 Å². The zero-order valence-corrected chi connectivity index (χ0v) is 13.0. The van der Waals surface area contributed by atoms with Gasteiger partial charge in [0.05, 0.1) is 5.60 Å². The van der Waals surface area contributed by atoms with E-state index >= 15 is 0 Å². The van der Waals surface area contributed by atoms with E-state index in [1.165, 1.54) is 0 Å². The number of allylic oxidation sites excluding steroid dienone is 1. The first-order valence-corrected chi connectivity index (χ1v) is 8.03. The second-order valence-corrected chi connectivity index (χ2v) is 6.03. The van der Waals surface area contributed by atoms with E-state index in [-0.39, 0.29) is 18.4 Å². The van der Waals surface area contributed by atoms with E-state index in [1.54, 1.807) is 24.8 Å². The minimum absolute atomic E-state index is 0.00157. The van der Waals surface area contributed by atoms with E-state index in [4.69, 9.17) is 0 Å². The molecule has 1 rings (SSSR count). The van der Waals surface area contributed by atoms with Gasteiger partial charge in [0.1, 0.15) is 0 Å². The molecule has 1 aromatic carbocycles. The lowest BCUT2D eigenvalue weighted by molar-refractivity contribution is -0.122. The van der Waals surface area contributed by atoms with E-state index in [2.05, 4.69) is 11.9 Å². The Kier molecular flexibility index (Phi) is 6.82. The van der Waals surface area contributed by atoms with Crippen LogP contribution in [0.3, 0.4) is 0 Å². The van der Waals surface area contributed by atoms with Gasteiger partial charge in [-0.15, -0.1) is 6.58 Å². The fraction of sp³-hybridized carbons (Fsp3) is 0.438. The minimum Gasteiger partial charge on any atom is -0.387 e. The van der Waals surface area contributed by atoms with E-state index in [0.717, 1.165) is 5.56 Å². The maximum Gasteiger partial charge on any atom is 0.221 e. The second-order valence-electron chi connectivity index (χ2n) is 5.16. The van der Waals surface area contributed by atoms with Gasteiger partial charge in [-0.05, 0) is 18.7 Å². The summed E-state index contributed by atoms with van der Waals surface area (Å²) in [6.07, 6.45) is 4.07. The van der Waals surface area contributed by atoms with Crippen molar-refractivity contribution in [3.05, 3.63) is 48.6 Å². The Bertz CT molecular complexity index is 431. The van der Waals surface area contributed by atoms with Crippen LogP contribution in [0.25, 0.3) is 0 Å². The Hall–Kier alpha value is -1.26. The number of benzene rings is 1. The first kappa shape index (κ1) is 16.8. The van der Waals surface area contributed by atoms with Crippen LogP contribution >= 0.6 is 11.8 Å². The van der Waals surface area contributed by atoms with Crippen LogP contribution in [-0.4, -0.2) is 35.2 Å². The molecule has 0 bridgehead atoms. The van der Waals surface area contributed by atoms with Crippen molar-refractivity contribution in [3.63, 3.8) is 0 Å². The number of aliphatic hydroxyl groups is 1. The van der Waals surface area contributed by atoms with Crippen molar-refractivity contribution in [2.45, 2.75) is 24.9 Å². The van der Waals surface area contributed by atoms with Crippen molar-refractivity contribution in [2.24, 2.45) is 0 Å². The number of carbonyl (C=O) groups is 1. The predicted molar refractivity (Wildman–Crippen MR) is 86.0 cm³/mol. The standard InChI is InChI=1S/C16H23NO2S/c1-4-13(14-8-6-5-7-9-14)10-15(18)17-11-16(2,19)12-20-3/h4-9,13,19H,1,10-12H2,2-3H3,(H,17,18). The van der Waals surface area contributed by atoms with Gasteiger partial charge in [-0.2, -0.15) is 11.8 Å². The molecule has 0 saturated carbocycles. The third-order valence-electron chi connectivity index (χ3n) is 3.04. The summed E-state index contributed by atoms with van der Waals surface area (Å²) in [7, 11) is 0. The van der Waals surface area contributed by atoms with Crippen molar-refractivity contribution >= 4 is 17.7 Å². The summed E-state index contributed by atoms with van der Waals surface area (Å²) in [5.74, 6) is 0.526. The van der Waals surface area contributed by atoms with Gasteiger partial charge in [0.25, 0.3) is 0 Å². The van der Waals surface area contributed by atoms with E-state index in [1.807, 2.05) is 36.6 Å². The molecule has 2 atom stereocenters. The largest absolute Gasteiger partial charge is 0.387 e. The Morgan fingerprint density at radius 3 is 2.70 bits per heavy atom. The fourth-order valence-corrected chi connectivity index (χ4v) is 2.68. The molecule has 0 aromatic heterocycles. The lowest BCUT2D eigenvalue weighted by Crippen LogP contribution is -2.42. The molecule has 1 amide bonds. The van der Waals surface area contributed by atoms with Gasteiger partial charge in [0.2, 0.25) is 5.91 Å². The molecular formula is C16H23NO2S. The maximum absolute atomic E-state index is 12.0. The topological polar surface area (TPSA) is 49.3 Å². The lowest BCUT2D eigenvalue weighted by atomic mass is 9.95. The lowest BCUT2D eigenvalue weighted by Gasteiger charge is -2.23. The molecule has 110 valence electrons. The Balaban J connectivity index is 2.50. The third kappa shape index (κ3) is 5.80. The molecule has 0 saturated heterocycles. The van der Waals surface area contributed by atoms with Gasteiger partial charge in [-0.3, -0.25) is 4.79 Å². The molecule has 0 aliphatic carbocycles. The molecule has 1 aromatic rings. The van der Waals surface area contributed by atoms with Gasteiger partial charge < -0.3 is 10.4 Å². The molecule has 0 heterocycles. The van der Waals surface area contributed by atoms with E-state index < -0.39 is 5.60 Å². The molecule has 0 spiro atoms. The number of hydrogen-bond donors (Lipinski definition) is 2. The summed E-state index contributed by atoms with van der Waals surface area (Å²) >= 11 is 1.56. The molecule has 20 heavy (non-hydrogen) atoms. The summed E-state index contributed by atoms with van der Waals surface area (Å²) in [6, 6.07) is 9.83. The van der Waals surface area contributed by atoms with Crippen molar-refractivity contribution in [1.29, 1.82) is 0 Å². The highest BCUT2D eigenvalue weighted by molar-refractivity contribution is 7.98. The van der Waals surface area contributed by atoms with Crippen LogP contribution < -0.4 is 5.32 Å². The SMILES string of the molecule is C=CC(CC(=O)NCC(C)(O)CSC)c1ccccc1. The quantitative estimate of drug-likeness (QED) is 0.724. The molecule has 0 fully saturated rings. The highest BCUT2D eigenvalue weighted by Crippen LogP contribution is 2.20. The second kappa shape index (κ2) is 8.12. The number of nitrogens with one attached hydrogen (secondary N) is 1. The molecule has 3 nitrogen and oxygen atoms in total. The minimum atomic E-state index is -0.870. The maximum atomic E-state index is 12.0. The smallest absolute Gasteiger partial charge is 0.221 e. The van der Waals surface area contributed by atoms with Gasteiger partial charge >= 0.3 is 0 Å². The number of hydrogen-bond acceptors (Lipinski definition) is 3. The molecule has 0 aliphatic heterocycles. The van der Waals surface area contributed by atoms with Crippen molar-refractivity contribution in [3.8, 4) is 0 Å². The van der Waals surface area contributed by atoms with Crippen LogP contribution in [0.4, 0.5) is 0 Å². The number of carbonyl (C=O) groups excluding carboxylic acids is 1. The molecule has 4 heteroatoms. The number of thioether (sulfide) groups is 1. The van der Waals surface area contributed by atoms with Crippen molar-refractivity contribution in [2.75, 3.05) is 18.6 Å². The summed E-state index contributed by atoms with van der Waals surface area (Å²) in [5.41, 5.74) is 0.208. The predicted octanol–water partition coefficient (Wildman–Crippen LogP) is 2.58. The Morgan fingerprint density at radius 1 is 1.50 bits per heavy atom. The van der Waals surface area contributed by atoms with E-state index in [9.17, 15) is 9.90 Å². The third-order valence-corrected chi connectivity index (χ3v) is 3.95. The van der Waals surface area contributed by atoms with Crippen LogP contribution in [0.1, 0.15) is 24.8 Å². The van der Waals surface area contributed by atoms with Gasteiger partial charge in [0.15, 0.2) is 0 Å². The molecular weight excluding hydrogens is 270 g/mol. The molecule has 0 aliphatic rings. The number of rotatable bonds is 8. The van der Waals surface area contributed by atoms with Crippen LogP contribution in [0.2, 0.25) is 0 Å². The Morgan fingerprint density at radius 2 is 2.15 bits per heavy atom. The molecule has 0 radical (unpaired) electrons. The molecule has 2 N–H and O–H groups in total. The van der Waals surface area contributed by atoms with Crippen LogP contribution in [0.15, 0.2) is 43.0 Å². The summed E-state index contributed by atoms with van der Waals surface area (Å²) in [6.45, 7) is 5.79. The van der Waals surface area contributed by atoms with Crippen molar-refractivity contribution in [1.82, 2.24) is 5.32 Å². The highest BCUT2D eigenvalue weighted by Gasteiger charge is 2.21. The van der Waals surface area contributed by atoms with Crippen LogP contribution in [0, 0.1) is 0 Å². The first-order valence-electron chi connectivity index (χ1n) is 6.64. The highest BCUT2D eigenvalue weighted by atomic mass is 32.2. The first-order chi connectivity index (χ1) is 9.48.